The minimum Gasteiger partial charge on any atom is -0.377 e. The second kappa shape index (κ2) is 6.99. The molecule has 0 aromatic rings. The van der Waals surface area contributed by atoms with Crippen LogP contribution in [-0.4, -0.2) is 68.6 Å². The molecule has 0 saturated carbocycles. The lowest BCUT2D eigenvalue weighted by Crippen LogP contribution is -2.43. The average molecular weight is 228 g/mol. The van der Waals surface area contributed by atoms with Crippen LogP contribution in [0.5, 0.6) is 0 Å². The molecule has 16 heavy (non-hydrogen) atoms. The van der Waals surface area contributed by atoms with Gasteiger partial charge >= 0.3 is 0 Å². The maximum Gasteiger partial charge on any atom is 0.172 e. The number of carbonyl (C=O) groups excluding carboxylic acids is 1. The number of hydrogen-bond acceptors (Lipinski definition) is 4. The van der Waals surface area contributed by atoms with Crippen molar-refractivity contribution in [2.45, 2.75) is 25.8 Å². The second-order valence-corrected chi connectivity index (χ2v) is 4.62. The average Bonchev–Trinajstić information content (AvgIpc) is 2.41. The van der Waals surface area contributed by atoms with Gasteiger partial charge < -0.3 is 9.64 Å². The lowest BCUT2D eigenvalue weighted by atomic mass is 10.1. The zero-order chi connectivity index (χ0) is 12.0. The molecule has 1 aliphatic rings. The first-order valence-corrected chi connectivity index (χ1v) is 6.10. The molecule has 4 nitrogen and oxygen atoms in total. The predicted molar refractivity (Wildman–Crippen MR) is 64.6 cm³/mol. The predicted octanol–water partition coefficient (Wildman–Crippen LogP) is 0.618. The number of ketones is 1. The van der Waals surface area contributed by atoms with E-state index in [9.17, 15) is 4.79 Å². The maximum absolute atomic E-state index is 11.6. The monoisotopic (exact) mass is 228 g/mol. The first kappa shape index (κ1) is 13.6. The Morgan fingerprint density at radius 1 is 1.44 bits per heavy atom. The Bertz CT molecular complexity index is 221. The van der Waals surface area contributed by atoms with Crippen molar-refractivity contribution in [1.82, 2.24) is 9.80 Å². The normalized spacial score (nSPS) is 24.3. The Hall–Kier alpha value is -0.450. The summed E-state index contributed by atoms with van der Waals surface area (Å²) in [6.45, 7) is 6.20. The van der Waals surface area contributed by atoms with Crippen molar-refractivity contribution in [3.8, 4) is 0 Å². The Kier molecular flexibility index (Phi) is 5.95. The molecule has 0 aromatic heterocycles. The number of rotatable bonds is 5. The van der Waals surface area contributed by atoms with Crippen LogP contribution in [0.2, 0.25) is 0 Å². The summed E-state index contributed by atoms with van der Waals surface area (Å²) in [7, 11) is 3.73. The van der Waals surface area contributed by atoms with Crippen LogP contribution in [0.25, 0.3) is 0 Å². The quantitative estimate of drug-likeness (QED) is 0.690. The standard InChI is InChI=1S/C12H24N2O2/c1-4-11-8-13(2)6-5-7-14(11)9-12(15)10-16-3/h11H,4-10H2,1-3H3. The molecule has 1 unspecified atom stereocenters. The molecular formula is C12H24N2O2. The lowest BCUT2D eigenvalue weighted by molar-refractivity contribution is -0.124. The third-order valence-electron chi connectivity index (χ3n) is 3.18. The van der Waals surface area contributed by atoms with Gasteiger partial charge in [-0.15, -0.1) is 0 Å². The fourth-order valence-corrected chi connectivity index (χ4v) is 2.32. The Labute approximate surface area is 98.5 Å². The zero-order valence-electron chi connectivity index (χ0n) is 10.7. The molecule has 1 aliphatic heterocycles. The number of nitrogens with zero attached hydrogens (tertiary/aromatic N) is 2. The van der Waals surface area contributed by atoms with Gasteiger partial charge in [-0.05, 0) is 26.4 Å². The van der Waals surface area contributed by atoms with E-state index < -0.39 is 0 Å². The number of carbonyl (C=O) groups is 1. The minimum absolute atomic E-state index is 0.186. The zero-order valence-corrected chi connectivity index (χ0v) is 10.7. The molecule has 1 heterocycles. The molecule has 0 aliphatic carbocycles. The fourth-order valence-electron chi connectivity index (χ4n) is 2.32. The van der Waals surface area contributed by atoms with Gasteiger partial charge in [-0.1, -0.05) is 6.92 Å². The summed E-state index contributed by atoms with van der Waals surface area (Å²) in [6, 6.07) is 0.508. The van der Waals surface area contributed by atoms with Crippen LogP contribution in [0.15, 0.2) is 0 Å². The van der Waals surface area contributed by atoms with Gasteiger partial charge in [-0.25, -0.2) is 0 Å². The molecule has 0 bridgehead atoms. The second-order valence-electron chi connectivity index (χ2n) is 4.62. The van der Waals surface area contributed by atoms with Crippen molar-refractivity contribution >= 4 is 5.78 Å². The van der Waals surface area contributed by atoms with Crippen LogP contribution < -0.4 is 0 Å². The number of likely N-dealkylation sites (N-methyl/N-ethyl adjacent to an activating group) is 1. The largest absolute Gasteiger partial charge is 0.377 e. The highest BCUT2D eigenvalue weighted by Gasteiger charge is 2.23. The Morgan fingerprint density at radius 3 is 2.81 bits per heavy atom. The van der Waals surface area contributed by atoms with E-state index in [1.807, 2.05) is 0 Å². The summed E-state index contributed by atoms with van der Waals surface area (Å²) in [5.41, 5.74) is 0. The van der Waals surface area contributed by atoms with E-state index in [1.54, 1.807) is 7.11 Å². The van der Waals surface area contributed by atoms with Crippen molar-refractivity contribution in [2.75, 3.05) is 46.9 Å². The number of methoxy groups -OCH3 is 1. The maximum atomic E-state index is 11.6. The van der Waals surface area contributed by atoms with E-state index in [0.29, 0.717) is 12.6 Å². The van der Waals surface area contributed by atoms with Crippen LogP contribution in [0.3, 0.4) is 0 Å². The van der Waals surface area contributed by atoms with Crippen LogP contribution in [0, 0.1) is 0 Å². The van der Waals surface area contributed by atoms with Crippen molar-refractivity contribution < 1.29 is 9.53 Å². The third kappa shape index (κ3) is 4.20. The highest BCUT2D eigenvalue weighted by atomic mass is 16.5. The molecule has 1 saturated heterocycles. The Balaban J connectivity index is 2.50. The Morgan fingerprint density at radius 2 is 2.19 bits per heavy atom. The van der Waals surface area contributed by atoms with Crippen molar-refractivity contribution in [1.29, 1.82) is 0 Å². The number of ether oxygens (including phenoxy) is 1. The number of Topliss-reactive ketones (excluding diaryl/α,β-unsaturated/α-hetero) is 1. The molecule has 1 fully saturated rings. The van der Waals surface area contributed by atoms with E-state index in [-0.39, 0.29) is 12.4 Å². The van der Waals surface area contributed by atoms with Crippen molar-refractivity contribution in [3.05, 3.63) is 0 Å². The summed E-state index contributed by atoms with van der Waals surface area (Å²) >= 11 is 0. The molecule has 0 radical (unpaired) electrons. The van der Waals surface area contributed by atoms with Gasteiger partial charge in [-0.2, -0.15) is 0 Å². The van der Waals surface area contributed by atoms with Gasteiger partial charge in [0.15, 0.2) is 5.78 Å². The molecule has 1 atom stereocenters. The first-order valence-electron chi connectivity index (χ1n) is 6.10. The van der Waals surface area contributed by atoms with Crippen LogP contribution in [0.4, 0.5) is 0 Å². The molecule has 0 amide bonds. The molecule has 1 rings (SSSR count). The fraction of sp³-hybridized carbons (Fsp3) is 0.917. The van der Waals surface area contributed by atoms with Crippen LogP contribution in [0.1, 0.15) is 19.8 Å². The number of hydrogen-bond donors (Lipinski definition) is 0. The van der Waals surface area contributed by atoms with Gasteiger partial charge in [0.25, 0.3) is 0 Å². The molecule has 4 heteroatoms. The van der Waals surface area contributed by atoms with Crippen LogP contribution >= 0.6 is 0 Å². The van der Waals surface area contributed by atoms with Crippen LogP contribution in [-0.2, 0) is 9.53 Å². The summed E-state index contributed by atoms with van der Waals surface area (Å²) < 4.78 is 4.88. The first-order chi connectivity index (χ1) is 7.67. The highest BCUT2D eigenvalue weighted by Crippen LogP contribution is 2.11. The summed E-state index contributed by atoms with van der Waals surface area (Å²) in [5, 5.41) is 0. The topological polar surface area (TPSA) is 32.8 Å². The summed E-state index contributed by atoms with van der Waals surface area (Å²) in [5.74, 6) is 0.186. The van der Waals surface area contributed by atoms with E-state index in [4.69, 9.17) is 4.74 Å². The summed E-state index contributed by atoms with van der Waals surface area (Å²) in [4.78, 5) is 16.3. The van der Waals surface area contributed by atoms with E-state index >= 15 is 0 Å². The van der Waals surface area contributed by atoms with Gasteiger partial charge in [0.2, 0.25) is 0 Å². The minimum atomic E-state index is 0.186. The molecule has 94 valence electrons. The SMILES string of the molecule is CCC1CN(C)CCCN1CC(=O)COC. The molecule has 0 N–H and O–H groups in total. The van der Waals surface area contributed by atoms with Gasteiger partial charge in [0.1, 0.15) is 6.61 Å². The van der Waals surface area contributed by atoms with E-state index in [1.165, 1.54) is 0 Å². The molecular weight excluding hydrogens is 204 g/mol. The molecule has 0 spiro atoms. The van der Waals surface area contributed by atoms with E-state index in [2.05, 4.69) is 23.8 Å². The van der Waals surface area contributed by atoms with Crippen molar-refractivity contribution in [3.63, 3.8) is 0 Å². The lowest BCUT2D eigenvalue weighted by Gasteiger charge is -2.29. The molecule has 0 aromatic carbocycles. The van der Waals surface area contributed by atoms with Gasteiger partial charge in [0, 0.05) is 26.2 Å². The third-order valence-corrected chi connectivity index (χ3v) is 3.18. The van der Waals surface area contributed by atoms with E-state index in [0.717, 1.165) is 32.5 Å². The van der Waals surface area contributed by atoms with Gasteiger partial charge in [0.05, 0.1) is 6.54 Å². The highest BCUT2D eigenvalue weighted by molar-refractivity contribution is 5.81. The van der Waals surface area contributed by atoms with Gasteiger partial charge in [-0.3, -0.25) is 9.69 Å². The smallest absolute Gasteiger partial charge is 0.172 e. The summed E-state index contributed by atoms with van der Waals surface area (Å²) in [6.07, 6.45) is 2.25. The van der Waals surface area contributed by atoms with Crippen molar-refractivity contribution in [2.24, 2.45) is 0 Å².